The predicted molar refractivity (Wildman–Crippen MR) is 94.8 cm³/mol. The monoisotopic (exact) mass is 390 g/mol. The summed E-state index contributed by atoms with van der Waals surface area (Å²) in [5, 5.41) is 2.62. The molecule has 1 aliphatic heterocycles. The lowest BCUT2D eigenvalue weighted by Gasteiger charge is -2.33. The number of benzene rings is 1. The lowest BCUT2D eigenvalue weighted by molar-refractivity contribution is 0.183. The quantitative estimate of drug-likeness (QED) is 0.800. The molecule has 0 N–H and O–H groups in total. The highest BCUT2D eigenvalue weighted by Crippen LogP contribution is 2.28. The second-order valence-electron chi connectivity index (χ2n) is 5.33. The van der Waals surface area contributed by atoms with Gasteiger partial charge >= 0.3 is 0 Å². The van der Waals surface area contributed by atoms with E-state index in [4.69, 9.17) is 23.2 Å². The van der Waals surface area contributed by atoms with Gasteiger partial charge in [0, 0.05) is 42.6 Å². The maximum atomic E-state index is 12.8. The minimum absolute atomic E-state index is 0.0818. The Labute approximate surface area is 150 Å². The summed E-state index contributed by atoms with van der Waals surface area (Å²) in [6, 6.07) is 8.64. The van der Waals surface area contributed by atoms with E-state index in [1.165, 1.54) is 21.3 Å². The molecule has 2 aromatic rings. The molecule has 1 fully saturated rings. The van der Waals surface area contributed by atoms with Crippen molar-refractivity contribution >= 4 is 44.6 Å². The first kappa shape index (κ1) is 17.2. The molecule has 124 valence electrons. The smallest absolute Gasteiger partial charge is 0.244 e. The Bertz CT molecular complexity index is 771. The molecule has 1 aromatic heterocycles. The molecule has 8 heteroatoms. The summed E-state index contributed by atoms with van der Waals surface area (Å²) in [7, 11) is -3.61. The molecular formula is C15H16Cl2N2O2S2. The molecule has 4 nitrogen and oxygen atoms in total. The second-order valence-corrected chi connectivity index (χ2v) is 9.12. The number of thiophene rings is 1. The van der Waals surface area contributed by atoms with Crippen LogP contribution in [-0.4, -0.2) is 43.8 Å². The van der Waals surface area contributed by atoms with Crippen molar-refractivity contribution in [2.24, 2.45) is 0 Å². The summed E-state index contributed by atoms with van der Waals surface area (Å²) < 4.78 is 27.0. The van der Waals surface area contributed by atoms with Crippen molar-refractivity contribution in [1.82, 2.24) is 9.21 Å². The van der Waals surface area contributed by atoms with Gasteiger partial charge in [0.15, 0.2) is 0 Å². The molecule has 3 rings (SSSR count). The first-order chi connectivity index (χ1) is 11.0. The van der Waals surface area contributed by atoms with Crippen LogP contribution in [0.25, 0.3) is 0 Å². The van der Waals surface area contributed by atoms with Crippen LogP contribution in [-0.2, 0) is 16.6 Å². The second kappa shape index (κ2) is 7.09. The van der Waals surface area contributed by atoms with E-state index in [9.17, 15) is 8.42 Å². The molecule has 0 atom stereocenters. The molecule has 0 spiro atoms. The molecular weight excluding hydrogens is 375 g/mol. The summed E-state index contributed by atoms with van der Waals surface area (Å²) in [4.78, 5) is 3.63. The fraction of sp³-hybridized carbons (Fsp3) is 0.333. The van der Waals surface area contributed by atoms with Gasteiger partial charge in [0.1, 0.15) is 4.90 Å². The largest absolute Gasteiger partial charge is 0.296 e. The molecule has 0 saturated carbocycles. The van der Waals surface area contributed by atoms with Crippen LogP contribution in [0.1, 0.15) is 4.88 Å². The summed E-state index contributed by atoms with van der Waals surface area (Å²) >= 11 is 13.7. The highest BCUT2D eigenvalue weighted by atomic mass is 35.5. The number of nitrogens with zero attached hydrogens (tertiary/aromatic N) is 2. The van der Waals surface area contributed by atoms with Gasteiger partial charge in [-0.25, -0.2) is 8.42 Å². The number of rotatable bonds is 4. The van der Waals surface area contributed by atoms with E-state index in [1.807, 2.05) is 6.07 Å². The van der Waals surface area contributed by atoms with Gasteiger partial charge in [-0.3, -0.25) is 4.90 Å². The molecule has 2 heterocycles. The van der Waals surface area contributed by atoms with E-state index in [1.54, 1.807) is 17.4 Å². The fourth-order valence-electron chi connectivity index (χ4n) is 2.56. The topological polar surface area (TPSA) is 40.6 Å². The number of halogens is 2. The van der Waals surface area contributed by atoms with Crippen molar-refractivity contribution in [3.63, 3.8) is 0 Å². The summed E-state index contributed by atoms with van der Waals surface area (Å²) in [5.41, 5.74) is 0. The number of sulfonamides is 1. The third-order valence-electron chi connectivity index (χ3n) is 3.80. The highest BCUT2D eigenvalue weighted by Gasteiger charge is 2.30. The van der Waals surface area contributed by atoms with Gasteiger partial charge in [-0.1, -0.05) is 29.3 Å². The van der Waals surface area contributed by atoms with E-state index in [-0.39, 0.29) is 9.92 Å². The van der Waals surface area contributed by atoms with Crippen LogP contribution in [0.2, 0.25) is 10.0 Å². The van der Waals surface area contributed by atoms with Crippen LogP contribution in [0.15, 0.2) is 40.6 Å². The van der Waals surface area contributed by atoms with Gasteiger partial charge in [0.2, 0.25) is 10.0 Å². The summed E-state index contributed by atoms with van der Waals surface area (Å²) in [5.74, 6) is 0. The molecule has 0 unspecified atom stereocenters. The van der Waals surface area contributed by atoms with E-state index < -0.39 is 10.0 Å². The Kier molecular flexibility index (Phi) is 5.30. The maximum absolute atomic E-state index is 12.8. The zero-order valence-corrected chi connectivity index (χ0v) is 15.4. The van der Waals surface area contributed by atoms with E-state index >= 15 is 0 Å². The first-order valence-corrected chi connectivity index (χ1v) is 10.2. The SMILES string of the molecule is O=S(=O)(c1cc(Cl)ccc1Cl)N1CCN(Cc2cccs2)CC1. The lowest BCUT2D eigenvalue weighted by Crippen LogP contribution is -2.48. The van der Waals surface area contributed by atoms with Crippen molar-refractivity contribution in [2.45, 2.75) is 11.4 Å². The van der Waals surface area contributed by atoms with Crippen molar-refractivity contribution in [1.29, 1.82) is 0 Å². The minimum Gasteiger partial charge on any atom is -0.296 e. The van der Waals surface area contributed by atoms with E-state index in [2.05, 4.69) is 16.3 Å². The van der Waals surface area contributed by atoms with Crippen molar-refractivity contribution in [3.8, 4) is 0 Å². The van der Waals surface area contributed by atoms with Crippen LogP contribution in [0, 0.1) is 0 Å². The number of hydrogen-bond donors (Lipinski definition) is 0. The van der Waals surface area contributed by atoms with Gasteiger partial charge in [-0.2, -0.15) is 4.31 Å². The summed E-state index contributed by atoms with van der Waals surface area (Å²) in [6.07, 6.45) is 0. The standard InChI is InChI=1S/C15H16Cl2N2O2S2/c16-12-3-4-14(17)15(10-12)23(20,21)19-7-5-18(6-8-19)11-13-2-1-9-22-13/h1-4,9-10H,5-8,11H2. The van der Waals surface area contributed by atoms with Crippen LogP contribution in [0.3, 0.4) is 0 Å². The van der Waals surface area contributed by atoms with Crippen molar-refractivity contribution in [2.75, 3.05) is 26.2 Å². The molecule has 1 saturated heterocycles. The van der Waals surface area contributed by atoms with Gasteiger partial charge in [0.25, 0.3) is 0 Å². The van der Waals surface area contributed by atoms with Gasteiger partial charge in [-0.05, 0) is 29.6 Å². The van der Waals surface area contributed by atoms with Crippen LogP contribution in [0.5, 0.6) is 0 Å². The predicted octanol–water partition coefficient (Wildman–Crippen LogP) is 3.56. The maximum Gasteiger partial charge on any atom is 0.244 e. The molecule has 0 amide bonds. The summed E-state index contributed by atoms with van der Waals surface area (Å²) in [6.45, 7) is 3.18. The highest BCUT2D eigenvalue weighted by molar-refractivity contribution is 7.89. The van der Waals surface area contributed by atoms with E-state index in [0.29, 0.717) is 31.2 Å². The Morgan fingerprint density at radius 2 is 1.83 bits per heavy atom. The van der Waals surface area contributed by atoms with E-state index in [0.717, 1.165) is 6.54 Å². The van der Waals surface area contributed by atoms with Crippen molar-refractivity contribution in [3.05, 3.63) is 50.6 Å². The van der Waals surface area contributed by atoms with Crippen LogP contribution in [0.4, 0.5) is 0 Å². The normalized spacial score (nSPS) is 17.5. The average molecular weight is 391 g/mol. The fourth-order valence-corrected chi connectivity index (χ4v) is 5.47. The molecule has 23 heavy (non-hydrogen) atoms. The Morgan fingerprint density at radius 3 is 2.48 bits per heavy atom. The molecule has 1 aromatic carbocycles. The molecule has 1 aliphatic rings. The average Bonchev–Trinajstić information content (AvgIpc) is 3.03. The molecule has 0 aliphatic carbocycles. The van der Waals surface area contributed by atoms with Crippen molar-refractivity contribution < 1.29 is 8.42 Å². The Morgan fingerprint density at radius 1 is 1.09 bits per heavy atom. The number of hydrogen-bond acceptors (Lipinski definition) is 4. The molecule has 0 bridgehead atoms. The Hall–Kier alpha value is -0.630. The zero-order valence-electron chi connectivity index (χ0n) is 12.3. The third-order valence-corrected chi connectivity index (χ3v) is 7.28. The Balaban J connectivity index is 1.70. The molecule has 0 radical (unpaired) electrons. The zero-order chi connectivity index (χ0) is 16.4. The first-order valence-electron chi connectivity index (χ1n) is 7.17. The lowest BCUT2D eigenvalue weighted by atomic mass is 10.3. The van der Waals surface area contributed by atoms with Crippen LogP contribution < -0.4 is 0 Å². The number of piperazine rings is 1. The van der Waals surface area contributed by atoms with Gasteiger partial charge in [0.05, 0.1) is 5.02 Å². The minimum atomic E-state index is -3.61. The van der Waals surface area contributed by atoms with Gasteiger partial charge < -0.3 is 0 Å². The van der Waals surface area contributed by atoms with Gasteiger partial charge in [-0.15, -0.1) is 11.3 Å². The third kappa shape index (κ3) is 3.90. The van der Waals surface area contributed by atoms with Crippen LogP contribution >= 0.6 is 34.5 Å².